The van der Waals surface area contributed by atoms with Gasteiger partial charge < -0.3 is 79.8 Å². The molecule has 81 heavy (non-hydrogen) atoms. The molecule has 25 nitrogen and oxygen atoms in total. The Balaban J connectivity index is 2.51. The highest BCUT2D eigenvalue weighted by molar-refractivity contribution is 6.97. The number of carbonyl (C=O) groups is 7. The van der Waals surface area contributed by atoms with Gasteiger partial charge in [0.05, 0.1) is 46.2 Å². The van der Waals surface area contributed by atoms with Crippen LogP contribution in [0.2, 0.25) is 42.3 Å². The van der Waals surface area contributed by atoms with Crippen molar-refractivity contribution in [2.75, 3.05) is 46.2 Å². The second-order valence-corrected chi connectivity index (χ2v) is 39.5. The molecule has 3 aliphatic heterocycles. The van der Waals surface area contributed by atoms with Gasteiger partial charge in [0.1, 0.15) is 0 Å². The number of hydrogen-bond donors (Lipinski definition) is 2. The van der Waals surface area contributed by atoms with Crippen LogP contribution in [0, 0.1) is 0 Å². The van der Waals surface area contributed by atoms with E-state index in [2.05, 4.69) is 46.1 Å². The molecule has 4 bridgehead atoms. The largest absolute Gasteiger partial charge is 0.483 e. The fourth-order valence-electron chi connectivity index (χ4n) is 7.24. The summed E-state index contributed by atoms with van der Waals surface area (Å²) in [6.07, 6.45) is -0.510. The van der Waals surface area contributed by atoms with Crippen LogP contribution in [0.25, 0.3) is 0 Å². The Labute approximate surface area is 482 Å². The number of rotatable bonds is 35. The monoisotopic (exact) mass is 1260 g/mol. The summed E-state index contributed by atoms with van der Waals surface area (Å²) in [7, 11) is -32.7. The van der Waals surface area contributed by atoms with E-state index in [0.717, 1.165) is 0 Å². The van der Waals surface area contributed by atoms with E-state index in [-0.39, 0.29) is 160 Å². The normalized spacial score (nSPS) is 25.1. The average molecular weight is 1260 g/mol. The molecule has 4 unspecified atom stereocenters. The van der Waals surface area contributed by atoms with E-state index in [4.69, 9.17) is 70.2 Å². The average Bonchev–Trinajstić information content (AvgIpc) is 3.47. The van der Waals surface area contributed by atoms with E-state index in [0.29, 0.717) is 0 Å². The van der Waals surface area contributed by atoms with Crippen LogP contribution >= 0.6 is 0 Å². The summed E-state index contributed by atoms with van der Waals surface area (Å²) in [5.41, 5.74) is 0.735. The van der Waals surface area contributed by atoms with Gasteiger partial charge in [-0.1, -0.05) is 46.1 Å². The summed E-state index contributed by atoms with van der Waals surface area (Å²) in [6, 6.07) is -2.06. The van der Waals surface area contributed by atoms with Crippen molar-refractivity contribution in [1.29, 1.82) is 0 Å². The molecule has 0 amide bonds. The fraction of sp³-hybridized carbons (Fsp3) is 0.571. The van der Waals surface area contributed by atoms with E-state index in [1.54, 1.807) is 0 Å². The Morgan fingerprint density at radius 3 is 0.778 bits per heavy atom. The molecule has 2 N–H and O–H groups in total. The zero-order valence-electron chi connectivity index (χ0n) is 47.6. The molecule has 3 heterocycles. The first-order valence-corrected chi connectivity index (χ1v) is 39.4. The van der Waals surface area contributed by atoms with Crippen LogP contribution in [0.3, 0.4) is 0 Å². The fourth-order valence-corrected chi connectivity index (χ4v) is 42.9. The summed E-state index contributed by atoms with van der Waals surface area (Å²) < 4.78 is 102. The summed E-state index contributed by atoms with van der Waals surface area (Å²) in [6.45, 7) is 33.9. The maximum Gasteiger partial charge on any atom is 0.483 e. The predicted molar refractivity (Wildman–Crippen MR) is 301 cm³/mol. The second-order valence-electron chi connectivity index (χ2n) is 19.6. The Morgan fingerprint density at radius 2 is 0.519 bits per heavy atom. The topological polar surface area (TPSA) is 308 Å². The Kier molecular flexibility index (Phi) is 28.5. The maximum atomic E-state index is 13.3. The summed E-state index contributed by atoms with van der Waals surface area (Å²) in [4.78, 5) is 115. The minimum atomic E-state index is -5.08. The number of fused-ring (bicyclic) bond motifs is 3. The van der Waals surface area contributed by atoms with E-state index >= 15 is 0 Å². The quantitative estimate of drug-likeness (QED) is 0.0247. The van der Waals surface area contributed by atoms with Crippen LogP contribution in [0.4, 0.5) is 0 Å². The third kappa shape index (κ3) is 24.0. The summed E-state index contributed by atoms with van der Waals surface area (Å²) >= 11 is 0. The molecule has 0 aromatic heterocycles. The van der Waals surface area contributed by atoms with Crippen molar-refractivity contribution in [3.63, 3.8) is 0 Å². The number of esters is 7. The van der Waals surface area contributed by atoms with Crippen molar-refractivity contribution in [3.8, 4) is 0 Å². The van der Waals surface area contributed by atoms with Crippen LogP contribution in [0.15, 0.2) is 85.1 Å². The van der Waals surface area contributed by atoms with Gasteiger partial charge in [0, 0.05) is 75.3 Å². The number of hydrogen-bond acceptors (Lipinski definition) is 25. The van der Waals surface area contributed by atoms with Gasteiger partial charge in [-0.3, -0.25) is 0 Å². The Bertz CT molecular complexity index is 2280. The smallest absolute Gasteiger partial charge is 0.462 e. The molecule has 3 saturated heterocycles. The standard InChI is InChI=1S/C49H79O25Si7/c1-36(2)43(50)59-22-15-29-75-66-78(32-18-25-62-46(53)39(7)8)68-76(57,30-16-23-60-44(51)37(3)4)70-80(34-20-27-64-48(55)41(11)12)71-77(58,31-17-24-61-45(52)38(5)6)69-79(67-75,33-19-26-63-47(54)40(9)10)73-81(72-78,74-80)35-21-28-65-49(56)42(13)14/h57-58H,1,3,5,7,9,11,13,15-35H2,2,4,6,8,10,12,14H3. The first kappa shape index (κ1) is 70.8. The molecular weight excluding hydrogens is 1190 g/mol. The molecule has 32 heteroatoms. The lowest BCUT2D eigenvalue weighted by Crippen LogP contribution is -2.80. The van der Waals surface area contributed by atoms with E-state index in [1.165, 1.54) is 48.5 Å². The van der Waals surface area contributed by atoms with E-state index in [1.807, 2.05) is 0 Å². The third-order valence-corrected chi connectivity index (χ3v) is 39.6. The lowest BCUT2D eigenvalue weighted by molar-refractivity contribution is -0.139. The van der Waals surface area contributed by atoms with Crippen LogP contribution in [0.5, 0.6) is 0 Å². The molecular formula is C49H79O25Si7. The van der Waals surface area contributed by atoms with E-state index in [9.17, 15) is 43.2 Å². The van der Waals surface area contributed by atoms with Crippen LogP contribution in [-0.2, 0) is 104 Å². The third-order valence-electron chi connectivity index (χ3n) is 11.1. The van der Waals surface area contributed by atoms with Crippen LogP contribution < -0.4 is 0 Å². The molecule has 0 aliphatic carbocycles. The zero-order valence-corrected chi connectivity index (χ0v) is 54.6. The van der Waals surface area contributed by atoms with Gasteiger partial charge in [-0.15, -0.1) is 0 Å². The van der Waals surface area contributed by atoms with Gasteiger partial charge in [0.25, 0.3) is 0 Å². The minimum Gasteiger partial charge on any atom is -0.462 e. The van der Waals surface area contributed by atoms with E-state index < -0.39 is 116 Å². The Morgan fingerprint density at radius 1 is 0.321 bits per heavy atom. The van der Waals surface area contributed by atoms with Gasteiger partial charge in [0.15, 0.2) is 0 Å². The molecule has 4 atom stereocenters. The molecule has 0 aromatic rings. The van der Waals surface area contributed by atoms with Crippen LogP contribution in [-0.4, -0.2) is 160 Å². The van der Waals surface area contributed by atoms with Crippen molar-refractivity contribution >= 4 is 104 Å². The number of ether oxygens (including phenoxy) is 7. The maximum absolute atomic E-state index is 13.3. The van der Waals surface area contributed by atoms with Crippen molar-refractivity contribution in [3.05, 3.63) is 85.1 Å². The lowest BCUT2D eigenvalue weighted by Gasteiger charge is -2.56. The van der Waals surface area contributed by atoms with Gasteiger partial charge in [0.2, 0.25) is 0 Å². The first-order chi connectivity index (χ1) is 37.8. The van der Waals surface area contributed by atoms with Crippen molar-refractivity contribution < 1.29 is 113 Å². The molecule has 1 radical (unpaired) electrons. The predicted octanol–water partition coefficient (Wildman–Crippen LogP) is 5.85. The molecule has 0 aromatic carbocycles. The molecule has 0 spiro atoms. The molecule has 3 fully saturated rings. The SMILES string of the molecule is C=C(C)C(=O)OCCC[Si]1O[Si]2(CCCOC(=O)C(=C)C)O[Si](O)(CCCOC(=O)C(=C)C)O[Si]3(CCCOC(=O)C(=C)C)O[Si](O)(CCCOC(=O)C(=C)C)O[Si](CCCOC(=O)C(=C)C)(O1)O[Si](CCCOC(=O)C(=C)C)(O2)O3. The van der Waals surface area contributed by atoms with Crippen molar-refractivity contribution in [1.82, 2.24) is 0 Å². The highest BCUT2D eigenvalue weighted by Crippen LogP contribution is 2.47. The Hall–Kier alpha value is -4.45. The molecule has 3 aliphatic rings. The molecule has 3 rings (SSSR count). The van der Waals surface area contributed by atoms with Crippen LogP contribution in [0.1, 0.15) is 93.4 Å². The highest BCUT2D eigenvalue weighted by atomic mass is 28.6. The lowest BCUT2D eigenvalue weighted by atomic mass is 10.4. The van der Waals surface area contributed by atoms with Gasteiger partial charge >= 0.3 is 104 Å². The van der Waals surface area contributed by atoms with Gasteiger partial charge in [-0.05, 0) is 99.5 Å². The minimum absolute atomic E-state index is 0.0546. The van der Waals surface area contributed by atoms with Crippen molar-refractivity contribution in [2.24, 2.45) is 0 Å². The second kappa shape index (κ2) is 32.6. The number of carbonyl (C=O) groups excluding carboxylic acids is 7. The van der Waals surface area contributed by atoms with Gasteiger partial charge in [-0.2, -0.15) is 0 Å². The molecule has 453 valence electrons. The molecule has 0 saturated carbocycles. The summed E-state index contributed by atoms with van der Waals surface area (Å²) in [5.74, 6) is -5.00. The van der Waals surface area contributed by atoms with Crippen molar-refractivity contribution in [2.45, 2.75) is 136 Å². The van der Waals surface area contributed by atoms with Gasteiger partial charge in [-0.25, -0.2) is 33.6 Å². The zero-order chi connectivity index (χ0) is 60.8. The summed E-state index contributed by atoms with van der Waals surface area (Å²) in [5, 5.41) is 0. The highest BCUT2D eigenvalue weighted by Gasteiger charge is 2.74. The first-order valence-electron chi connectivity index (χ1n) is 26.2.